The van der Waals surface area contributed by atoms with Crippen molar-refractivity contribution in [1.29, 1.82) is 0 Å². The van der Waals surface area contributed by atoms with E-state index in [4.69, 9.17) is 4.74 Å². The first-order valence-electron chi connectivity index (χ1n) is 7.34. The summed E-state index contributed by atoms with van der Waals surface area (Å²) >= 11 is 1.47. The van der Waals surface area contributed by atoms with Crippen LogP contribution in [0.15, 0.2) is 35.8 Å². The zero-order chi connectivity index (χ0) is 15.1. The lowest BCUT2D eigenvalue weighted by Gasteiger charge is -2.38. The third-order valence-corrected chi connectivity index (χ3v) is 4.90. The molecule has 114 valence electrons. The molecule has 1 saturated carbocycles. The third-order valence-electron chi connectivity index (χ3n) is 4.24. The van der Waals surface area contributed by atoms with Gasteiger partial charge in [-0.15, -0.1) is 0 Å². The Morgan fingerprint density at radius 2 is 2.27 bits per heavy atom. The molecule has 1 N–H and O–H groups in total. The Hall–Kier alpha value is -2.08. The first kappa shape index (κ1) is 13.6. The van der Waals surface area contributed by atoms with Crippen molar-refractivity contribution in [2.75, 3.05) is 13.1 Å². The quantitative estimate of drug-likeness (QED) is 0.939. The van der Waals surface area contributed by atoms with Gasteiger partial charge in [-0.25, -0.2) is 4.98 Å². The van der Waals surface area contributed by atoms with Gasteiger partial charge < -0.3 is 14.7 Å². The van der Waals surface area contributed by atoms with Crippen molar-refractivity contribution in [2.45, 2.75) is 18.4 Å². The van der Waals surface area contributed by atoms with E-state index in [9.17, 15) is 9.90 Å². The molecule has 1 aromatic heterocycles. The summed E-state index contributed by atoms with van der Waals surface area (Å²) in [6.45, 7) is 1.28. The number of likely N-dealkylation sites (tertiary alicyclic amines) is 1. The molecule has 2 aliphatic rings. The molecule has 1 aromatic carbocycles. The summed E-state index contributed by atoms with van der Waals surface area (Å²) in [6.07, 6.45) is 2.65. The highest BCUT2D eigenvalue weighted by Crippen LogP contribution is 2.49. The molecule has 1 saturated heterocycles. The molecule has 0 radical (unpaired) electrons. The largest absolute Gasteiger partial charge is 0.508 e. The Kier molecular flexibility index (Phi) is 3.26. The second kappa shape index (κ2) is 5.28. The number of aromatic nitrogens is 1. The molecule has 2 fully saturated rings. The first-order chi connectivity index (χ1) is 10.7. The highest BCUT2D eigenvalue weighted by atomic mass is 32.1. The van der Waals surface area contributed by atoms with Gasteiger partial charge in [0.1, 0.15) is 11.9 Å². The number of carbonyl (C=O) groups excluding carboxylic acids is 1. The Morgan fingerprint density at radius 3 is 3.00 bits per heavy atom. The van der Waals surface area contributed by atoms with Crippen molar-refractivity contribution < 1.29 is 14.6 Å². The fraction of sp³-hybridized carbons (Fsp3) is 0.375. The molecular weight excluding hydrogens is 300 g/mol. The summed E-state index contributed by atoms with van der Waals surface area (Å²) in [5.41, 5.74) is 1.05. The standard InChI is InChI=1S/C16H16N2O3S/c19-11-3-1-2-10(6-11)13-7-14(13)15(20)18-8-12(9-18)21-16-17-4-5-22-16/h1-6,12-14,19H,7-9H2/t13-,14+/m0/s1. The van der Waals surface area contributed by atoms with Crippen molar-refractivity contribution in [3.8, 4) is 10.9 Å². The number of hydrogen-bond donors (Lipinski definition) is 1. The highest BCUT2D eigenvalue weighted by Gasteiger charge is 2.48. The van der Waals surface area contributed by atoms with Crippen LogP contribution in [0.1, 0.15) is 17.9 Å². The fourth-order valence-electron chi connectivity index (χ4n) is 2.93. The van der Waals surface area contributed by atoms with Crippen LogP contribution in [-0.4, -0.2) is 40.1 Å². The summed E-state index contributed by atoms with van der Waals surface area (Å²) in [5.74, 6) is 0.768. The lowest BCUT2D eigenvalue weighted by molar-refractivity contribution is -0.141. The maximum atomic E-state index is 12.4. The summed E-state index contributed by atoms with van der Waals surface area (Å²) < 4.78 is 5.68. The number of amides is 1. The molecule has 2 aromatic rings. The van der Waals surface area contributed by atoms with Crippen LogP contribution in [0.4, 0.5) is 0 Å². The number of hydrogen-bond acceptors (Lipinski definition) is 5. The second-order valence-corrected chi connectivity index (χ2v) is 6.68. The van der Waals surface area contributed by atoms with Crippen molar-refractivity contribution in [2.24, 2.45) is 5.92 Å². The molecule has 2 atom stereocenters. The molecule has 6 heteroatoms. The van der Waals surface area contributed by atoms with Crippen molar-refractivity contribution in [1.82, 2.24) is 9.88 Å². The van der Waals surface area contributed by atoms with Gasteiger partial charge in [0, 0.05) is 17.5 Å². The summed E-state index contributed by atoms with van der Waals surface area (Å²) in [5, 5.41) is 12.1. The van der Waals surface area contributed by atoms with Gasteiger partial charge in [-0.1, -0.05) is 23.5 Å². The molecule has 2 heterocycles. The van der Waals surface area contributed by atoms with Gasteiger partial charge in [-0.3, -0.25) is 4.79 Å². The lowest BCUT2D eigenvalue weighted by Crippen LogP contribution is -2.56. The molecule has 4 rings (SSSR count). The number of phenols is 1. The van der Waals surface area contributed by atoms with Gasteiger partial charge in [0.05, 0.1) is 13.1 Å². The minimum atomic E-state index is 0.0580. The average Bonchev–Trinajstić information content (AvgIpc) is 3.11. The number of carbonyl (C=O) groups is 1. The number of thiazole rings is 1. The van der Waals surface area contributed by atoms with Crippen molar-refractivity contribution >= 4 is 17.2 Å². The number of rotatable bonds is 4. The third kappa shape index (κ3) is 2.54. The SMILES string of the molecule is O=C([C@@H]1C[C@H]1c1cccc(O)c1)N1CC(Oc2nccs2)C1. The van der Waals surface area contributed by atoms with Crippen LogP contribution in [0.5, 0.6) is 10.9 Å². The second-order valence-electron chi connectivity index (χ2n) is 5.82. The smallest absolute Gasteiger partial charge is 0.273 e. The van der Waals surface area contributed by atoms with Crippen LogP contribution in [0, 0.1) is 5.92 Å². The Balaban J connectivity index is 1.30. The van der Waals surface area contributed by atoms with Gasteiger partial charge in [0.25, 0.3) is 5.19 Å². The zero-order valence-electron chi connectivity index (χ0n) is 11.9. The van der Waals surface area contributed by atoms with Crippen molar-refractivity contribution in [3.05, 3.63) is 41.4 Å². The number of aromatic hydroxyl groups is 1. The van der Waals surface area contributed by atoms with E-state index in [-0.39, 0.29) is 29.6 Å². The molecule has 0 unspecified atom stereocenters. The van der Waals surface area contributed by atoms with Crippen LogP contribution in [-0.2, 0) is 4.79 Å². The maximum absolute atomic E-state index is 12.4. The van der Waals surface area contributed by atoms with E-state index < -0.39 is 0 Å². The van der Waals surface area contributed by atoms with Gasteiger partial charge in [-0.2, -0.15) is 0 Å². The number of ether oxygens (including phenoxy) is 1. The van der Waals surface area contributed by atoms with E-state index in [0.717, 1.165) is 12.0 Å². The lowest BCUT2D eigenvalue weighted by atomic mass is 10.1. The van der Waals surface area contributed by atoms with E-state index in [2.05, 4.69) is 4.98 Å². The van der Waals surface area contributed by atoms with Gasteiger partial charge in [-0.05, 0) is 30.0 Å². The van der Waals surface area contributed by atoms with Crippen molar-refractivity contribution in [3.63, 3.8) is 0 Å². The molecule has 1 aliphatic carbocycles. The van der Waals surface area contributed by atoms with Crippen LogP contribution in [0.2, 0.25) is 0 Å². The minimum absolute atomic E-state index is 0.0580. The number of benzene rings is 1. The molecule has 1 aliphatic heterocycles. The highest BCUT2D eigenvalue weighted by molar-refractivity contribution is 7.11. The number of nitrogens with zero attached hydrogens (tertiary/aromatic N) is 2. The van der Waals surface area contributed by atoms with Gasteiger partial charge in [0.15, 0.2) is 0 Å². The molecule has 1 amide bonds. The normalized spacial score (nSPS) is 23.9. The monoisotopic (exact) mass is 316 g/mol. The van der Waals surface area contributed by atoms with Crippen LogP contribution >= 0.6 is 11.3 Å². The molecule has 0 bridgehead atoms. The average molecular weight is 316 g/mol. The van der Waals surface area contributed by atoms with Crippen LogP contribution in [0.3, 0.4) is 0 Å². The minimum Gasteiger partial charge on any atom is -0.508 e. The van der Waals surface area contributed by atoms with Crippen LogP contribution in [0.25, 0.3) is 0 Å². The molecule has 0 spiro atoms. The van der Waals surface area contributed by atoms with Crippen LogP contribution < -0.4 is 4.74 Å². The fourth-order valence-corrected chi connectivity index (χ4v) is 3.48. The molecule has 5 nitrogen and oxygen atoms in total. The Bertz CT molecular complexity index is 682. The zero-order valence-corrected chi connectivity index (χ0v) is 12.7. The summed E-state index contributed by atoms with van der Waals surface area (Å²) in [7, 11) is 0. The van der Waals surface area contributed by atoms with E-state index in [1.165, 1.54) is 11.3 Å². The molecule has 22 heavy (non-hydrogen) atoms. The topological polar surface area (TPSA) is 62.7 Å². The summed E-state index contributed by atoms with van der Waals surface area (Å²) in [6, 6.07) is 7.20. The van der Waals surface area contributed by atoms with E-state index in [1.54, 1.807) is 18.3 Å². The van der Waals surface area contributed by atoms with E-state index in [0.29, 0.717) is 18.3 Å². The van der Waals surface area contributed by atoms with E-state index in [1.807, 2.05) is 22.4 Å². The van der Waals surface area contributed by atoms with E-state index >= 15 is 0 Å². The predicted octanol–water partition coefficient (Wildman–Crippen LogP) is 2.24. The molecular formula is C16H16N2O3S. The maximum Gasteiger partial charge on any atom is 0.273 e. The Morgan fingerprint density at radius 1 is 1.41 bits per heavy atom. The van der Waals surface area contributed by atoms with Gasteiger partial charge >= 0.3 is 0 Å². The number of phenolic OH excluding ortho intramolecular Hbond substituents is 1. The summed E-state index contributed by atoms with van der Waals surface area (Å²) in [4.78, 5) is 18.3. The Labute approximate surface area is 132 Å². The first-order valence-corrected chi connectivity index (χ1v) is 8.22. The van der Waals surface area contributed by atoms with Gasteiger partial charge in [0.2, 0.25) is 5.91 Å². The predicted molar refractivity (Wildman–Crippen MR) is 82.1 cm³/mol.